The number of fused-ring (bicyclic) bond motifs is 1. The molecule has 0 saturated heterocycles. The zero-order valence-corrected chi connectivity index (χ0v) is 33.3. The van der Waals surface area contributed by atoms with E-state index in [-0.39, 0.29) is 21.7 Å². The summed E-state index contributed by atoms with van der Waals surface area (Å²) in [5, 5.41) is 25.0. The number of aromatic hydroxyl groups is 2. The highest BCUT2D eigenvalue weighted by molar-refractivity contribution is 6.06. The van der Waals surface area contributed by atoms with Crippen molar-refractivity contribution in [2.45, 2.75) is 105 Å². The molecule has 0 aliphatic carbocycles. The molecule has 6 aromatic carbocycles. The van der Waals surface area contributed by atoms with Gasteiger partial charge in [0.1, 0.15) is 11.5 Å². The van der Waals surface area contributed by atoms with Crippen LogP contribution in [0.1, 0.15) is 105 Å². The number of phenolic OH excluding ortho intramolecular Hbond substituents is 2. The maximum absolute atomic E-state index is 11.3. The number of hydrogen-bond donors (Lipinski definition) is 2. The summed E-state index contributed by atoms with van der Waals surface area (Å²) in [7, 11) is 0. The average molecular weight is 689 g/mol. The van der Waals surface area contributed by atoms with Crippen LogP contribution in [0.3, 0.4) is 0 Å². The Labute approximate surface area is 312 Å². The lowest BCUT2D eigenvalue weighted by Crippen LogP contribution is -2.17. The van der Waals surface area contributed by atoms with Crippen molar-refractivity contribution in [2.24, 2.45) is 0 Å². The van der Waals surface area contributed by atoms with Crippen LogP contribution in [0.2, 0.25) is 0 Å². The van der Waals surface area contributed by atoms with E-state index in [1.54, 1.807) is 0 Å². The van der Waals surface area contributed by atoms with E-state index in [1.807, 2.05) is 0 Å². The lowest BCUT2D eigenvalue weighted by Gasteiger charge is -2.28. The monoisotopic (exact) mass is 688 g/mol. The SMILES string of the molecule is CC(C)(C)c1cc(-c2ccc(-c3cccc4cccc(-c5ccc(-c6cc(C(C)(C)C)c(O)c(C(C)(C)C)c6)cc5)c34)cc2)cc(C(C)(C)C)c1O. The van der Waals surface area contributed by atoms with Crippen LogP contribution in [-0.2, 0) is 21.7 Å². The summed E-state index contributed by atoms with van der Waals surface area (Å²) in [5.41, 5.74) is 12.4. The summed E-state index contributed by atoms with van der Waals surface area (Å²) < 4.78 is 0. The van der Waals surface area contributed by atoms with Gasteiger partial charge in [0, 0.05) is 22.3 Å². The Morgan fingerprint density at radius 3 is 0.865 bits per heavy atom. The molecule has 0 unspecified atom stereocenters. The molecule has 268 valence electrons. The molecular weight excluding hydrogens is 633 g/mol. The topological polar surface area (TPSA) is 40.5 Å². The van der Waals surface area contributed by atoms with Crippen molar-refractivity contribution in [1.29, 1.82) is 0 Å². The minimum Gasteiger partial charge on any atom is -0.507 e. The smallest absolute Gasteiger partial charge is 0.123 e. The van der Waals surface area contributed by atoms with Crippen molar-refractivity contribution in [1.82, 2.24) is 0 Å². The van der Waals surface area contributed by atoms with Crippen LogP contribution in [0.25, 0.3) is 55.3 Å². The molecule has 0 aromatic heterocycles. The van der Waals surface area contributed by atoms with Crippen molar-refractivity contribution in [2.75, 3.05) is 0 Å². The predicted molar refractivity (Wildman–Crippen MR) is 224 cm³/mol. The van der Waals surface area contributed by atoms with Crippen molar-refractivity contribution in [3.8, 4) is 56.0 Å². The molecule has 0 spiro atoms. The van der Waals surface area contributed by atoms with E-state index < -0.39 is 0 Å². The second-order valence-corrected chi connectivity index (χ2v) is 18.7. The standard InChI is InChI=1S/C50H56O2/c1-47(2,3)40-27-36(28-41(45(40)51)48(4,5)6)31-19-23-33(24-20-31)38-17-13-15-35-16-14-18-39(44(35)38)34-25-21-32(22-26-34)37-29-42(49(7,8)9)46(52)43(30-37)50(10,11)12/h13-30,51-52H,1-12H3. The van der Waals surface area contributed by atoms with Gasteiger partial charge in [-0.1, -0.05) is 168 Å². The number of hydrogen-bond acceptors (Lipinski definition) is 2. The Hall–Kier alpha value is -4.82. The maximum Gasteiger partial charge on any atom is 0.123 e. The molecule has 0 heterocycles. The predicted octanol–water partition coefficient (Wildman–Crippen LogP) is 14.1. The van der Waals surface area contributed by atoms with Crippen molar-refractivity contribution in [3.05, 3.63) is 131 Å². The molecule has 0 fully saturated rings. The molecule has 52 heavy (non-hydrogen) atoms. The summed E-state index contributed by atoms with van der Waals surface area (Å²) in [5.74, 6) is 0.813. The summed E-state index contributed by atoms with van der Waals surface area (Å²) >= 11 is 0. The van der Waals surface area contributed by atoms with E-state index in [0.717, 1.165) is 55.6 Å². The van der Waals surface area contributed by atoms with Gasteiger partial charge in [0.05, 0.1) is 0 Å². The van der Waals surface area contributed by atoms with Gasteiger partial charge in [-0.05, 0) is 101 Å². The van der Waals surface area contributed by atoms with Gasteiger partial charge in [-0.25, -0.2) is 0 Å². The Bertz CT molecular complexity index is 2030. The molecule has 0 amide bonds. The molecule has 0 aliphatic heterocycles. The van der Waals surface area contributed by atoms with Gasteiger partial charge < -0.3 is 10.2 Å². The second-order valence-electron chi connectivity index (χ2n) is 18.7. The fourth-order valence-corrected chi connectivity index (χ4v) is 7.40. The average Bonchev–Trinajstić information content (AvgIpc) is 3.06. The third-order valence-electron chi connectivity index (χ3n) is 10.4. The number of rotatable bonds is 4. The third-order valence-corrected chi connectivity index (χ3v) is 10.4. The van der Waals surface area contributed by atoms with Gasteiger partial charge in [-0.3, -0.25) is 0 Å². The first-order chi connectivity index (χ1) is 24.1. The van der Waals surface area contributed by atoms with Crippen molar-refractivity contribution >= 4 is 10.8 Å². The zero-order chi connectivity index (χ0) is 38.0. The van der Waals surface area contributed by atoms with E-state index in [1.165, 1.54) is 21.9 Å². The van der Waals surface area contributed by atoms with Gasteiger partial charge in [0.2, 0.25) is 0 Å². The van der Waals surface area contributed by atoms with Gasteiger partial charge in [-0.2, -0.15) is 0 Å². The normalized spacial score (nSPS) is 12.8. The molecule has 0 radical (unpaired) electrons. The van der Waals surface area contributed by atoms with E-state index in [0.29, 0.717) is 11.5 Å². The maximum atomic E-state index is 11.3. The number of benzene rings is 6. The van der Waals surface area contributed by atoms with Crippen LogP contribution in [-0.4, -0.2) is 10.2 Å². The molecule has 2 heteroatoms. The van der Waals surface area contributed by atoms with Crippen LogP contribution < -0.4 is 0 Å². The highest BCUT2D eigenvalue weighted by atomic mass is 16.3. The molecule has 2 nitrogen and oxygen atoms in total. The fraction of sp³-hybridized carbons (Fsp3) is 0.320. The van der Waals surface area contributed by atoms with Gasteiger partial charge in [-0.15, -0.1) is 0 Å². The molecule has 6 rings (SSSR count). The highest BCUT2D eigenvalue weighted by Crippen LogP contribution is 2.45. The summed E-state index contributed by atoms with van der Waals surface area (Å²) in [6, 6.07) is 39.6. The first-order valence-corrected chi connectivity index (χ1v) is 18.6. The van der Waals surface area contributed by atoms with E-state index in [4.69, 9.17) is 0 Å². The summed E-state index contributed by atoms with van der Waals surface area (Å²) in [6.07, 6.45) is 0. The quantitative estimate of drug-likeness (QED) is 0.194. The molecule has 6 aromatic rings. The van der Waals surface area contributed by atoms with Crippen LogP contribution in [0.5, 0.6) is 11.5 Å². The summed E-state index contributed by atoms with van der Waals surface area (Å²) in [6.45, 7) is 25.9. The zero-order valence-electron chi connectivity index (χ0n) is 33.3. The first kappa shape index (κ1) is 37.0. The van der Waals surface area contributed by atoms with Gasteiger partial charge in [0.15, 0.2) is 0 Å². The lowest BCUT2D eigenvalue weighted by molar-refractivity contribution is 0.422. The lowest BCUT2D eigenvalue weighted by atomic mass is 9.77. The minimum absolute atomic E-state index is 0.188. The second kappa shape index (κ2) is 13.0. The fourth-order valence-electron chi connectivity index (χ4n) is 7.40. The van der Waals surface area contributed by atoms with E-state index in [2.05, 4.69) is 192 Å². The third kappa shape index (κ3) is 7.13. The molecule has 0 aliphatic rings. The van der Waals surface area contributed by atoms with Crippen LogP contribution >= 0.6 is 0 Å². The molecular formula is C50H56O2. The highest BCUT2D eigenvalue weighted by Gasteiger charge is 2.28. The Morgan fingerprint density at radius 1 is 0.327 bits per heavy atom. The summed E-state index contributed by atoms with van der Waals surface area (Å²) in [4.78, 5) is 0. The molecule has 0 saturated carbocycles. The Kier molecular flexibility index (Phi) is 9.23. The van der Waals surface area contributed by atoms with Gasteiger partial charge in [0.25, 0.3) is 0 Å². The molecule has 0 atom stereocenters. The van der Waals surface area contributed by atoms with Crippen LogP contribution in [0, 0.1) is 0 Å². The van der Waals surface area contributed by atoms with E-state index >= 15 is 0 Å². The Balaban J connectivity index is 1.42. The Morgan fingerprint density at radius 2 is 0.596 bits per heavy atom. The molecule has 0 bridgehead atoms. The van der Waals surface area contributed by atoms with E-state index in [9.17, 15) is 10.2 Å². The minimum atomic E-state index is -0.188. The van der Waals surface area contributed by atoms with Crippen molar-refractivity contribution < 1.29 is 10.2 Å². The molecule has 2 N–H and O–H groups in total. The van der Waals surface area contributed by atoms with Gasteiger partial charge >= 0.3 is 0 Å². The van der Waals surface area contributed by atoms with Crippen molar-refractivity contribution in [3.63, 3.8) is 0 Å². The largest absolute Gasteiger partial charge is 0.507 e. The first-order valence-electron chi connectivity index (χ1n) is 18.6. The van der Waals surface area contributed by atoms with Crippen LogP contribution in [0.4, 0.5) is 0 Å². The number of phenols is 2. The van der Waals surface area contributed by atoms with Crippen LogP contribution in [0.15, 0.2) is 109 Å².